The van der Waals surface area contributed by atoms with E-state index in [0.29, 0.717) is 11.3 Å². The van der Waals surface area contributed by atoms with Crippen LogP contribution in [0.1, 0.15) is 73.4 Å². The van der Waals surface area contributed by atoms with Gasteiger partial charge in [0.1, 0.15) is 0 Å². The van der Waals surface area contributed by atoms with Crippen molar-refractivity contribution in [1.29, 1.82) is 0 Å². The molecule has 0 fully saturated rings. The average molecular weight is 477 g/mol. The van der Waals surface area contributed by atoms with Crippen LogP contribution < -0.4 is 15.2 Å². The minimum absolute atomic E-state index is 0.0668. The molecule has 0 aliphatic rings. The van der Waals surface area contributed by atoms with Gasteiger partial charge in [0.15, 0.2) is 11.5 Å². The van der Waals surface area contributed by atoms with Gasteiger partial charge in [-0.3, -0.25) is 4.79 Å². The molecule has 188 valence electrons. The Morgan fingerprint density at radius 1 is 0.971 bits per heavy atom. The van der Waals surface area contributed by atoms with Crippen molar-refractivity contribution in [3.05, 3.63) is 70.5 Å². The molecule has 0 spiro atoms. The summed E-state index contributed by atoms with van der Waals surface area (Å²) in [5, 5.41) is 0. The average Bonchev–Trinajstić information content (AvgIpc) is 3.11. The quantitative estimate of drug-likeness (QED) is 0.365. The van der Waals surface area contributed by atoms with E-state index in [0.717, 1.165) is 60.4 Å². The van der Waals surface area contributed by atoms with Gasteiger partial charge in [-0.05, 0) is 60.4 Å². The number of hydrogen-bond acceptors (Lipinski definition) is 3. The zero-order valence-corrected chi connectivity index (χ0v) is 22.3. The molecule has 0 radical (unpaired) electrons. The van der Waals surface area contributed by atoms with Gasteiger partial charge in [0.2, 0.25) is 0 Å². The minimum atomic E-state index is -0.375. The Labute approximate surface area is 210 Å². The lowest BCUT2D eigenvalue weighted by molar-refractivity contribution is 0.1000. The highest BCUT2D eigenvalue weighted by Gasteiger charge is 2.25. The third-order valence-corrected chi connectivity index (χ3v) is 6.76. The number of aromatic nitrogens is 1. The highest BCUT2D eigenvalue weighted by molar-refractivity contribution is 6.02. The van der Waals surface area contributed by atoms with Crippen molar-refractivity contribution >= 4 is 5.91 Å². The van der Waals surface area contributed by atoms with Gasteiger partial charge >= 0.3 is 0 Å². The van der Waals surface area contributed by atoms with Gasteiger partial charge < -0.3 is 19.8 Å². The number of rotatable bonds is 10. The van der Waals surface area contributed by atoms with Crippen LogP contribution in [-0.2, 0) is 24.8 Å². The van der Waals surface area contributed by atoms with Crippen LogP contribution in [0.25, 0.3) is 11.1 Å². The van der Waals surface area contributed by atoms with Gasteiger partial charge in [0.25, 0.3) is 5.91 Å². The fourth-order valence-electron chi connectivity index (χ4n) is 4.73. The van der Waals surface area contributed by atoms with Gasteiger partial charge in [-0.1, -0.05) is 64.4 Å². The van der Waals surface area contributed by atoms with Gasteiger partial charge in [0, 0.05) is 23.5 Å². The number of amides is 1. The number of ether oxygens (including phenoxy) is 2. The maximum atomic E-state index is 12.7. The Hall–Kier alpha value is -3.21. The van der Waals surface area contributed by atoms with E-state index in [2.05, 4.69) is 62.6 Å². The monoisotopic (exact) mass is 476 g/mol. The summed E-state index contributed by atoms with van der Waals surface area (Å²) in [6, 6.07) is 14.6. The first kappa shape index (κ1) is 26.4. The van der Waals surface area contributed by atoms with Crippen molar-refractivity contribution < 1.29 is 14.3 Å². The second-order valence-corrected chi connectivity index (χ2v) is 10.2. The van der Waals surface area contributed by atoms with Gasteiger partial charge in [-0.15, -0.1) is 0 Å². The van der Waals surface area contributed by atoms with Crippen molar-refractivity contribution in [3.8, 4) is 22.6 Å². The number of aryl methyl sites for hydroxylation is 1. The molecule has 3 aromatic rings. The maximum absolute atomic E-state index is 12.7. The summed E-state index contributed by atoms with van der Waals surface area (Å²) in [5.41, 5.74) is 13.2. The lowest BCUT2D eigenvalue weighted by Crippen LogP contribution is -2.14. The van der Waals surface area contributed by atoms with E-state index in [-0.39, 0.29) is 11.3 Å². The number of unbranched alkanes of at least 4 members (excludes halogenated alkanes) is 1. The van der Waals surface area contributed by atoms with Crippen LogP contribution in [0.3, 0.4) is 0 Å². The number of nitrogens with two attached hydrogens (primary N) is 1. The first-order valence-electron chi connectivity index (χ1n) is 12.5. The number of methoxy groups -OCH3 is 2. The van der Waals surface area contributed by atoms with E-state index in [9.17, 15) is 4.79 Å². The van der Waals surface area contributed by atoms with Crippen molar-refractivity contribution in [3.63, 3.8) is 0 Å². The number of carbonyl (C=O) groups excluding carboxylic acids is 1. The van der Waals surface area contributed by atoms with Crippen LogP contribution in [0, 0.1) is 6.92 Å². The van der Waals surface area contributed by atoms with Crippen LogP contribution in [0.5, 0.6) is 11.5 Å². The maximum Gasteiger partial charge on any atom is 0.251 e. The molecule has 0 bridgehead atoms. The molecule has 0 atom stereocenters. The van der Waals surface area contributed by atoms with Crippen LogP contribution in [-0.4, -0.2) is 24.7 Å². The van der Waals surface area contributed by atoms with E-state index in [4.69, 9.17) is 15.2 Å². The second-order valence-electron chi connectivity index (χ2n) is 10.2. The van der Waals surface area contributed by atoms with E-state index in [1.165, 1.54) is 11.3 Å². The Bertz CT molecular complexity index is 1170. The second kappa shape index (κ2) is 11.0. The Balaban J connectivity index is 2.07. The number of benzene rings is 2. The first-order chi connectivity index (χ1) is 16.6. The molecule has 0 aliphatic carbocycles. The Kier molecular flexibility index (Phi) is 8.31. The number of carbonyl (C=O) groups is 1. The van der Waals surface area contributed by atoms with E-state index < -0.39 is 0 Å². The lowest BCUT2D eigenvalue weighted by Gasteiger charge is -2.19. The smallest absolute Gasteiger partial charge is 0.251 e. The molecule has 2 N–H and O–H groups in total. The van der Waals surface area contributed by atoms with E-state index in [1.807, 2.05) is 19.1 Å². The summed E-state index contributed by atoms with van der Waals surface area (Å²) in [5.74, 6) is 1.06. The number of primary amides is 1. The van der Waals surface area contributed by atoms with Crippen molar-refractivity contribution in [1.82, 2.24) is 4.57 Å². The summed E-state index contributed by atoms with van der Waals surface area (Å²) >= 11 is 0. The van der Waals surface area contributed by atoms with Gasteiger partial charge in [0.05, 0.1) is 19.8 Å². The normalized spacial score (nSPS) is 11.5. The Morgan fingerprint density at radius 2 is 1.63 bits per heavy atom. The zero-order valence-electron chi connectivity index (χ0n) is 22.3. The summed E-state index contributed by atoms with van der Waals surface area (Å²) in [4.78, 5) is 12.7. The van der Waals surface area contributed by atoms with Crippen LogP contribution in [0.4, 0.5) is 0 Å². The largest absolute Gasteiger partial charge is 0.493 e. The number of nitrogens with zero attached hydrogens (tertiary/aromatic N) is 1. The fraction of sp³-hybridized carbons (Fsp3) is 0.433. The molecule has 0 saturated heterocycles. The van der Waals surface area contributed by atoms with Gasteiger partial charge in [-0.2, -0.15) is 0 Å². The summed E-state index contributed by atoms with van der Waals surface area (Å²) in [6.07, 6.45) is 3.82. The summed E-state index contributed by atoms with van der Waals surface area (Å²) in [7, 11) is 3.29. The summed E-state index contributed by atoms with van der Waals surface area (Å²) in [6.45, 7) is 11.6. The molecule has 0 saturated carbocycles. The Morgan fingerprint density at radius 3 is 2.17 bits per heavy atom. The number of hydrogen-bond donors (Lipinski definition) is 1. The fourth-order valence-corrected chi connectivity index (χ4v) is 4.73. The molecule has 3 rings (SSSR count). The van der Waals surface area contributed by atoms with Crippen molar-refractivity contribution in [2.45, 2.75) is 72.3 Å². The standard InChI is InChI=1S/C30H40N2O3/c1-8-9-10-24-28(22-12-14-23(15-13-22)30(3,4)5)27(29(31)33)20(2)32(24)18-17-21-11-16-25(34-6)26(19-21)35-7/h11-16,19H,8-10,17-18H2,1-7H3,(H2,31,33). The highest BCUT2D eigenvalue weighted by atomic mass is 16.5. The molecule has 5 heteroatoms. The predicted molar refractivity (Wildman–Crippen MR) is 144 cm³/mol. The minimum Gasteiger partial charge on any atom is -0.493 e. The predicted octanol–water partition coefficient (Wildman–Crippen LogP) is 6.46. The van der Waals surface area contributed by atoms with Gasteiger partial charge in [-0.25, -0.2) is 0 Å². The van der Waals surface area contributed by atoms with Crippen LogP contribution >= 0.6 is 0 Å². The molecule has 5 nitrogen and oxygen atoms in total. The molecule has 0 aliphatic heterocycles. The topological polar surface area (TPSA) is 66.5 Å². The highest BCUT2D eigenvalue weighted by Crippen LogP contribution is 2.36. The SMILES string of the molecule is CCCCc1c(-c2ccc(C(C)(C)C)cc2)c(C(N)=O)c(C)n1CCc1ccc(OC)c(OC)c1. The van der Waals surface area contributed by atoms with Crippen LogP contribution in [0.2, 0.25) is 0 Å². The van der Waals surface area contributed by atoms with E-state index in [1.54, 1.807) is 14.2 Å². The third-order valence-electron chi connectivity index (χ3n) is 6.76. The summed E-state index contributed by atoms with van der Waals surface area (Å²) < 4.78 is 13.2. The molecule has 0 unspecified atom stereocenters. The first-order valence-corrected chi connectivity index (χ1v) is 12.5. The zero-order chi connectivity index (χ0) is 25.8. The molecular weight excluding hydrogens is 436 g/mol. The lowest BCUT2D eigenvalue weighted by atomic mass is 9.86. The van der Waals surface area contributed by atoms with Crippen LogP contribution in [0.15, 0.2) is 42.5 Å². The molecular formula is C30H40N2O3. The van der Waals surface area contributed by atoms with Crippen molar-refractivity contribution in [2.24, 2.45) is 5.73 Å². The molecule has 1 heterocycles. The molecule has 2 aromatic carbocycles. The molecule has 35 heavy (non-hydrogen) atoms. The third kappa shape index (κ3) is 5.72. The van der Waals surface area contributed by atoms with E-state index >= 15 is 0 Å². The molecule has 1 aromatic heterocycles. The molecule has 1 amide bonds. The van der Waals surface area contributed by atoms with Crippen molar-refractivity contribution in [2.75, 3.05) is 14.2 Å².